The molecule has 0 amide bonds. The highest BCUT2D eigenvalue weighted by Crippen LogP contribution is 2.21. The number of aryl methyl sites for hydroxylation is 1. The van der Waals surface area contributed by atoms with Crippen LogP contribution in [0.2, 0.25) is 0 Å². The Kier molecular flexibility index (Phi) is 6.21. The molecular formula is C12H18N2O6S. The van der Waals surface area contributed by atoms with Crippen LogP contribution in [0.25, 0.3) is 0 Å². The van der Waals surface area contributed by atoms with Crippen LogP contribution in [0.1, 0.15) is 12.0 Å². The molecule has 8 nitrogen and oxygen atoms in total. The fraction of sp³-hybridized carbons (Fsp3) is 0.500. The molecule has 0 spiro atoms. The minimum Gasteiger partial charge on any atom is -0.391 e. The second-order valence-corrected chi connectivity index (χ2v) is 6.24. The third-order valence-electron chi connectivity index (χ3n) is 2.80. The van der Waals surface area contributed by atoms with E-state index in [2.05, 4.69) is 4.72 Å². The third kappa shape index (κ3) is 5.05. The first-order chi connectivity index (χ1) is 9.77. The lowest BCUT2D eigenvalue weighted by Gasteiger charge is -2.11. The number of aliphatic hydroxyl groups is 1. The summed E-state index contributed by atoms with van der Waals surface area (Å²) >= 11 is 0. The molecule has 0 fully saturated rings. The van der Waals surface area contributed by atoms with Crippen molar-refractivity contribution in [1.82, 2.24) is 4.72 Å². The predicted molar refractivity (Wildman–Crippen MR) is 75.5 cm³/mol. The van der Waals surface area contributed by atoms with Crippen molar-refractivity contribution in [3.8, 4) is 0 Å². The molecule has 0 aliphatic rings. The molecule has 1 atom stereocenters. The minimum atomic E-state index is -3.86. The first-order valence-electron chi connectivity index (χ1n) is 6.19. The van der Waals surface area contributed by atoms with Gasteiger partial charge in [-0.05, 0) is 18.9 Å². The van der Waals surface area contributed by atoms with E-state index in [1.165, 1.54) is 19.2 Å². The van der Waals surface area contributed by atoms with Gasteiger partial charge >= 0.3 is 0 Å². The highest BCUT2D eigenvalue weighted by molar-refractivity contribution is 7.89. The zero-order valence-corrected chi connectivity index (χ0v) is 12.6. The molecule has 0 aliphatic heterocycles. The van der Waals surface area contributed by atoms with E-state index < -0.39 is 21.1 Å². The van der Waals surface area contributed by atoms with E-state index in [4.69, 9.17) is 4.74 Å². The maximum atomic E-state index is 12.1. The largest absolute Gasteiger partial charge is 0.391 e. The smallest absolute Gasteiger partial charge is 0.270 e. The lowest BCUT2D eigenvalue weighted by Crippen LogP contribution is -2.29. The molecule has 1 rings (SSSR count). The highest BCUT2D eigenvalue weighted by Gasteiger charge is 2.20. The number of hydrogen-bond acceptors (Lipinski definition) is 6. The molecule has 2 N–H and O–H groups in total. The standard InChI is InChI=1S/C12H18N2O6S/c1-9-3-4-10(14(16)17)7-12(9)21(18,19)13-6-5-11(15)8-20-2/h3-4,7,11,13,15H,5-6,8H2,1-2H3. The second kappa shape index (κ2) is 7.46. The van der Waals surface area contributed by atoms with Gasteiger partial charge in [-0.3, -0.25) is 10.1 Å². The van der Waals surface area contributed by atoms with E-state index >= 15 is 0 Å². The number of nitrogens with zero attached hydrogens (tertiary/aromatic N) is 1. The SMILES string of the molecule is COCC(O)CCNS(=O)(=O)c1cc([N+](=O)[O-])ccc1C. The summed E-state index contributed by atoms with van der Waals surface area (Å²) in [6.45, 7) is 1.67. The van der Waals surface area contributed by atoms with E-state index in [-0.39, 0.29) is 30.2 Å². The quantitative estimate of drug-likeness (QED) is 0.534. The molecule has 0 saturated carbocycles. The maximum Gasteiger partial charge on any atom is 0.270 e. The predicted octanol–water partition coefficient (Wildman–Crippen LogP) is 0.579. The fourth-order valence-corrected chi connectivity index (χ4v) is 3.02. The number of nitro groups is 1. The number of benzene rings is 1. The van der Waals surface area contributed by atoms with Crippen molar-refractivity contribution in [2.24, 2.45) is 0 Å². The highest BCUT2D eigenvalue weighted by atomic mass is 32.2. The van der Waals surface area contributed by atoms with Crippen molar-refractivity contribution in [1.29, 1.82) is 0 Å². The van der Waals surface area contributed by atoms with Gasteiger partial charge in [-0.15, -0.1) is 0 Å². The van der Waals surface area contributed by atoms with Gasteiger partial charge in [0.1, 0.15) is 0 Å². The van der Waals surface area contributed by atoms with Crippen LogP contribution in [0.15, 0.2) is 23.1 Å². The Hall–Kier alpha value is -1.55. The van der Waals surface area contributed by atoms with Crippen LogP contribution in [0.3, 0.4) is 0 Å². The Morgan fingerprint density at radius 2 is 2.14 bits per heavy atom. The summed E-state index contributed by atoms with van der Waals surface area (Å²) in [6, 6.07) is 3.65. The normalized spacial score (nSPS) is 13.1. The van der Waals surface area contributed by atoms with Crippen LogP contribution >= 0.6 is 0 Å². The van der Waals surface area contributed by atoms with Crippen molar-refractivity contribution in [3.05, 3.63) is 33.9 Å². The van der Waals surface area contributed by atoms with Gasteiger partial charge < -0.3 is 9.84 Å². The molecule has 9 heteroatoms. The number of nitrogens with one attached hydrogen (secondary N) is 1. The van der Waals surface area contributed by atoms with Crippen molar-refractivity contribution in [3.63, 3.8) is 0 Å². The van der Waals surface area contributed by atoms with Crippen LogP contribution < -0.4 is 4.72 Å². The van der Waals surface area contributed by atoms with Gasteiger partial charge in [-0.2, -0.15) is 0 Å². The average molecular weight is 318 g/mol. The zero-order chi connectivity index (χ0) is 16.0. The van der Waals surface area contributed by atoms with Crippen molar-refractivity contribution in [2.75, 3.05) is 20.3 Å². The topological polar surface area (TPSA) is 119 Å². The minimum absolute atomic E-state index is 0.00892. The van der Waals surface area contributed by atoms with Gasteiger partial charge in [0.15, 0.2) is 0 Å². The molecular weight excluding hydrogens is 300 g/mol. The molecule has 0 radical (unpaired) electrons. The monoisotopic (exact) mass is 318 g/mol. The van der Waals surface area contributed by atoms with E-state index in [0.29, 0.717) is 5.56 Å². The summed E-state index contributed by atoms with van der Waals surface area (Å²) in [4.78, 5) is 9.92. The molecule has 21 heavy (non-hydrogen) atoms. The molecule has 0 saturated heterocycles. The second-order valence-electron chi connectivity index (χ2n) is 4.50. The summed E-state index contributed by atoms with van der Waals surface area (Å²) in [5.74, 6) is 0. The van der Waals surface area contributed by atoms with Crippen molar-refractivity contribution < 1.29 is 23.2 Å². The Morgan fingerprint density at radius 1 is 1.48 bits per heavy atom. The average Bonchev–Trinajstić information content (AvgIpc) is 2.38. The number of ether oxygens (including phenoxy) is 1. The summed E-state index contributed by atoms with van der Waals surface area (Å²) in [5.41, 5.74) is 0.117. The molecule has 0 aliphatic carbocycles. The van der Waals surface area contributed by atoms with Gasteiger partial charge in [0.2, 0.25) is 10.0 Å². The number of aliphatic hydroxyl groups excluding tert-OH is 1. The van der Waals surface area contributed by atoms with Crippen LogP contribution in [0.5, 0.6) is 0 Å². The summed E-state index contributed by atoms with van der Waals surface area (Å²) < 4.78 is 31.3. The third-order valence-corrected chi connectivity index (χ3v) is 4.40. The van der Waals surface area contributed by atoms with Gasteiger partial charge in [0.25, 0.3) is 5.69 Å². The summed E-state index contributed by atoms with van der Waals surface area (Å²) in [5, 5.41) is 20.1. The molecule has 1 aromatic carbocycles. The molecule has 1 unspecified atom stereocenters. The molecule has 0 bridgehead atoms. The molecule has 118 valence electrons. The number of rotatable bonds is 8. The first kappa shape index (κ1) is 17.5. The lowest BCUT2D eigenvalue weighted by molar-refractivity contribution is -0.385. The van der Waals surface area contributed by atoms with Crippen LogP contribution in [-0.2, 0) is 14.8 Å². The lowest BCUT2D eigenvalue weighted by atomic mass is 10.2. The zero-order valence-electron chi connectivity index (χ0n) is 11.8. The number of hydrogen-bond donors (Lipinski definition) is 2. The van der Waals surface area contributed by atoms with Gasteiger partial charge in [-0.25, -0.2) is 13.1 Å². The van der Waals surface area contributed by atoms with Gasteiger partial charge in [0, 0.05) is 25.8 Å². The van der Waals surface area contributed by atoms with Crippen molar-refractivity contribution in [2.45, 2.75) is 24.3 Å². The molecule has 0 heterocycles. The maximum absolute atomic E-state index is 12.1. The molecule has 0 aromatic heterocycles. The Labute approximate surface area is 122 Å². The Morgan fingerprint density at radius 3 is 2.71 bits per heavy atom. The van der Waals surface area contributed by atoms with Gasteiger partial charge in [-0.1, -0.05) is 6.07 Å². The van der Waals surface area contributed by atoms with E-state index in [0.717, 1.165) is 6.07 Å². The molecule has 1 aromatic rings. The Balaban J connectivity index is 2.83. The van der Waals surface area contributed by atoms with E-state index in [9.17, 15) is 23.6 Å². The fourth-order valence-electron chi connectivity index (χ4n) is 1.71. The van der Waals surface area contributed by atoms with E-state index in [1.54, 1.807) is 6.92 Å². The van der Waals surface area contributed by atoms with Crippen molar-refractivity contribution >= 4 is 15.7 Å². The summed E-state index contributed by atoms with van der Waals surface area (Å²) in [6.07, 6.45) is -0.593. The number of nitro benzene ring substituents is 1. The number of non-ortho nitro benzene ring substituents is 1. The number of sulfonamides is 1. The summed E-state index contributed by atoms with van der Waals surface area (Å²) in [7, 11) is -2.43. The van der Waals surface area contributed by atoms with Crippen LogP contribution in [0, 0.1) is 17.0 Å². The Bertz CT molecular complexity index is 602. The first-order valence-corrected chi connectivity index (χ1v) is 7.68. The van der Waals surface area contributed by atoms with Crippen LogP contribution in [0.4, 0.5) is 5.69 Å². The number of methoxy groups -OCH3 is 1. The van der Waals surface area contributed by atoms with E-state index in [1.807, 2.05) is 0 Å². The van der Waals surface area contributed by atoms with Gasteiger partial charge in [0.05, 0.1) is 22.5 Å². The van der Waals surface area contributed by atoms with Crippen LogP contribution in [-0.4, -0.2) is 44.8 Å².